The zero-order chi connectivity index (χ0) is 12.8. The van der Waals surface area contributed by atoms with Crippen LogP contribution in [0.5, 0.6) is 11.5 Å². The van der Waals surface area contributed by atoms with Gasteiger partial charge < -0.3 is 19.3 Å². The lowest BCUT2D eigenvalue weighted by molar-refractivity contribution is -0.163. The first-order chi connectivity index (χ1) is 8.06. The molecule has 5 heteroatoms. The third-order valence-corrected chi connectivity index (χ3v) is 2.12. The minimum absolute atomic E-state index is 0.0191. The van der Waals surface area contributed by atoms with Gasteiger partial charge >= 0.3 is 5.97 Å². The number of esters is 1. The number of hydrogen-bond acceptors (Lipinski definition) is 5. The molecule has 94 valence electrons. The van der Waals surface area contributed by atoms with Crippen LogP contribution in [0.3, 0.4) is 0 Å². The first-order valence-electron chi connectivity index (χ1n) is 5.15. The Kier molecular flexibility index (Phi) is 4.78. The van der Waals surface area contributed by atoms with Crippen molar-refractivity contribution >= 4 is 5.97 Å². The van der Waals surface area contributed by atoms with Crippen LogP contribution in [0.2, 0.25) is 0 Å². The van der Waals surface area contributed by atoms with Gasteiger partial charge in [-0.2, -0.15) is 0 Å². The zero-order valence-electron chi connectivity index (χ0n) is 10.1. The fourth-order valence-corrected chi connectivity index (χ4v) is 1.41. The van der Waals surface area contributed by atoms with Gasteiger partial charge in [0.25, 0.3) is 0 Å². The van der Waals surface area contributed by atoms with Gasteiger partial charge in [-0.1, -0.05) is 0 Å². The number of aliphatic hydroxyl groups is 1. The lowest BCUT2D eigenvalue weighted by atomic mass is 10.1. The van der Waals surface area contributed by atoms with Gasteiger partial charge in [0.15, 0.2) is 6.29 Å². The van der Waals surface area contributed by atoms with Gasteiger partial charge in [0.2, 0.25) is 0 Å². The van der Waals surface area contributed by atoms with Crippen LogP contribution in [0.1, 0.15) is 12.5 Å². The number of ether oxygens (including phenoxy) is 3. The molecule has 1 aromatic rings. The topological polar surface area (TPSA) is 65.0 Å². The summed E-state index contributed by atoms with van der Waals surface area (Å²) >= 11 is 0. The molecule has 0 amide bonds. The highest BCUT2D eigenvalue weighted by molar-refractivity contribution is 5.74. The molecule has 0 saturated heterocycles. The summed E-state index contributed by atoms with van der Waals surface area (Å²) in [5.74, 6) is 0.686. The maximum Gasteiger partial charge on any atom is 0.312 e. The fourth-order valence-electron chi connectivity index (χ4n) is 1.41. The SMILES string of the molecule is COc1ccc(OC)c(CC(=O)OC(C)O)c1. The molecule has 0 aliphatic rings. The van der Waals surface area contributed by atoms with E-state index >= 15 is 0 Å². The van der Waals surface area contributed by atoms with Gasteiger partial charge in [-0.25, -0.2) is 0 Å². The summed E-state index contributed by atoms with van der Waals surface area (Å²) in [6.07, 6.45) is -1.09. The van der Waals surface area contributed by atoms with E-state index in [1.807, 2.05) is 0 Å². The van der Waals surface area contributed by atoms with Crippen LogP contribution in [-0.4, -0.2) is 31.6 Å². The Morgan fingerprint density at radius 2 is 2.06 bits per heavy atom. The molecule has 1 aromatic carbocycles. The van der Waals surface area contributed by atoms with Crippen LogP contribution in [0.25, 0.3) is 0 Å². The molecule has 1 unspecified atom stereocenters. The van der Waals surface area contributed by atoms with E-state index in [1.54, 1.807) is 25.3 Å². The average molecular weight is 240 g/mol. The molecule has 0 aliphatic heterocycles. The summed E-state index contributed by atoms with van der Waals surface area (Å²) in [6.45, 7) is 1.38. The maximum atomic E-state index is 11.4. The average Bonchev–Trinajstić information content (AvgIpc) is 2.27. The molecule has 0 radical (unpaired) electrons. The minimum Gasteiger partial charge on any atom is -0.497 e. The second-order valence-corrected chi connectivity index (χ2v) is 3.44. The van der Waals surface area contributed by atoms with Crippen molar-refractivity contribution in [3.63, 3.8) is 0 Å². The molecule has 5 nitrogen and oxygen atoms in total. The fraction of sp³-hybridized carbons (Fsp3) is 0.417. The largest absolute Gasteiger partial charge is 0.497 e. The van der Waals surface area contributed by atoms with Gasteiger partial charge in [-0.05, 0) is 25.1 Å². The number of aliphatic hydroxyl groups excluding tert-OH is 1. The van der Waals surface area contributed by atoms with Crippen LogP contribution >= 0.6 is 0 Å². The Balaban J connectivity index is 2.83. The van der Waals surface area contributed by atoms with Crippen LogP contribution < -0.4 is 9.47 Å². The van der Waals surface area contributed by atoms with E-state index in [-0.39, 0.29) is 6.42 Å². The Morgan fingerprint density at radius 3 is 2.59 bits per heavy atom. The van der Waals surface area contributed by atoms with E-state index in [4.69, 9.17) is 14.6 Å². The van der Waals surface area contributed by atoms with Gasteiger partial charge in [0, 0.05) is 5.56 Å². The number of benzene rings is 1. The van der Waals surface area contributed by atoms with Crippen molar-refractivity contribution < 1.29 is 24.1 Å². The molecule has 0 saturated carbocycles. The summed E-state index contributed by atoms with van der Waals surface area (Å²) in [5, 5.41) is 8.93. The Morgan fingerprint density at radius 1 is 1.35 bits per heavy atom. The molecule has 17 heavy (non-hydrogen) atoms. The van der Waals surface area contributed by atoms with E-state index in [0.29, 0.717) is 17.1 Å². The smallest absolute Gasteiger partial charge is 0.312 e. The van der Waals surface area contributed by atoms with E-state index in [9.17, 15) is 4.79 Å². The standard InChI is InChI=1S/C12H16O5/c1-8(13)17-12(14)7-9-6-10(15-2)4-5-11(9)16-3/h4-6,8,13H,7H2,1-3H3. The van der Waals surface area contributed by atoms with E-state index in [2.05, 4.69) is 4.74 Å². The monoisotopic (exact) mass is 240 g/mol. The van der Waals surface area contributed by atoms with E-state index in [1.165, 1.54) is 14.0 Å². The number of hydrogen-bond donors (Lipinski definition) is 1. The zero-order valence-corrected chi connectivity index (χ0v) is 10.1. The summed E-state index contributed by atoms with van der Waals surface area (Å²) in [7, 11) is 3.06. The summed E-state index contributed by atoms with van der Waals surface area (Å²) in [4.78, 5) is 11.4. The molecule has 0 heterocycles. The molecule has 1 rings (SSSR count). The lowest BCUT2D eigenvalue weighted by Gasteiger charge is -2.11. The summed E-state index contributed by atoms with van der Waals surface area (Å²) in [5.41, 5.74) is 0.650. The van der Waals surface area contributed by atoms with Gasteiger partial charge in [0.1, 0.15) is 11.5 Å². The Hall–Kier alpha value is -1.75. The minimum atomic E-state index is -1.11. The van der Waals surface area contributed by atoms with Crippen molar-refractivity contribution in [2.75, 3.05) is 14.2 Å². The number of rotatable bonds is 5. The summed E-state index contributed by atoms with van der Waals surface area (Å²) in [6, 6.07) is 5.15. The highest BCUT2D eigenvalue weighted by Crippen LogP contribution is 2.24. The molecule has 1 atom stereocenters. The Bertz CT molecular complexity index is 386. The first-order valence-corrected chi connectivity index (χ1v) is 5.15. The molecule has 0 aromatic heterocycles. The quantitative estimate of drug-likeness (QED) is 0.617. The molecule has 0 spiro atoms. The molecule has 0 aliphatic carbocycles. The van der Waals surface area contributed by atoms with Crippen LogP contribution in [0, 0.1) is 0 Å². The predicted molar refractivity (Wildman–Crippen MR) is 61.0 cm³/mol. The number of carbonyl (C=O) groups is 1. The highest BCUT2D eigenvalue weighted by atomic mass is 16.6. The third-order valence-electron chi connectivity index (χ3n) is 2.12. The summed E-state index contributed by atoms with van der Waals surface area (Å²) < 4.78 is 14.8. The van der Waals surface area contributed by atoms with Crippen LogP contribution in [-0.2, 0) is 16.0 Å². The lowest BCUT2D eigenvalue weighted by Crippen LogP contribution is -2.16. The Labute approximate surface area is 99.9 Å². The third kappa shape index (κ3) is 3.96. The van der Waals surface area contributed by atoms with Crippen molar-refractivity contribution in [1.29, 1.82) is 0 Å². The van der Waals surface area contributed by atoms with Crippen LogP contribution in [0.15, 0.2) is 18.2 Å². The number of methoxy groups -OCH3 is 2. The van der Waals surface area contributed by atoms with E-state index < -0.39 is 12.3 Å². The maximum absolute atomic E-state index is 11.4. The molecule has 1 N–H and O–H groups in total. The molecular weight excluding hydrogens is 224 g/mol. The van der Waals surface area contributed by atoms with Crippen LogP contribution in [0.4, 0.5) is 0 Å². The normalized spacial score (nSPS) is 11.8. The predicted octanol–water partition coefficient (Wildman–Crippen LogP) is 1.13. The van der Waals surface area contributed by atoms with Crippen molar-refractivity contribution in [3.8, 4) is 11.5 Å². The van der Waals surface area contributed by atoms with Gasteiger partial charge in [0.05, 0.1) is 20.6 Å². The van der Waals surface area contributed by atoms with Crippen molar-refractivity contribution in [3.05, 3.63) is 23.8 Å². The van der Waals surface area contributed by atoms with Crippen molar-refractivity contribution in [2.24, 2.45) is 0 Å². The molecule has 0 fully saturated rings. The second kappa shape index (κ2) is 6.10. The van der Waals surface area contributed by atoms with Gasteiger partial charge in [-0.15, -0.1) is 0 Å². The molecular formula is C12H16O5. The second-order valence-electron chi connectivity index (χ2n) is 3.44. The molecule has 0 bridgehead atoms. The van der Waals surface area contributed by atoms with Gasteiger partial charge in [-0.3, -0.25) is 4.79 Å². The highest BCUT2D eigenvalue weighted by Gasteiger charge is 2.12. The van der Waals surface area contributed by atoms with Crippen molar-refractivity contribution in [2.45, 2.75) is 19.6 Å². The number of carbonyl (C=O) groups excluding carboxylic acids is 1. The van der Waals surface area contributed by atoms with E-state index in [0.717, 1.165) is 0 Å². The van der Waals surface area contributed by atoms with Crippen molar-refractivity contribution in [1.82, 2.24) is 0 Å². The first kappa shape index (κ1) is 13.3.